The minimum atomic E-state index is -1.25. The van der Waals surface area contributed by atoms with Crippen molar-refractivity contribution in [2.75, 3.05) is 6.54 Å². The molecule has 2 rings (SSSR count). The van der Waals surface area contributed by atoms with Crippen LogP contribution in [-0.2, 0) is 23.9 Å². The summed E-state index contributed by atoms with van der Waals surface area (Å²) in [5.74, 6) is -3.00. The van der Waals surface area contributed by atoms with Gasteiger partial charge in [-0.2, -0.15) is 0 Å². The van der Waals surface area contributed by atoms with E-state index in [0.717, 1.165) is 4.90 Å². The molecular weight excluding hydrogens is 304 g/mol. The number of ether oxygens (including phenoxy) is 1. The number of carbonyl (C=O) groups is 4. The Morgan fingerprint density at radius 3 is 2.57 bits per heavy atom. The minimum absolute atomic E-state index is 0.278. The third kappa shape index (κ3) is 3.85. The second-order valence-corrected chi connectivity index (χ2v) is 5.00. The van der Waals surface area contributed by atoms with Crippen LogP contribution in [0.15, 0.2) is 30.3 Å². The topological polar surface area (TPSA) is 113 Å². The summed E-state index contributed by atoms with van der Waals surface area (Å²) >= 11 is 0. The van der Waals surface area contributed by atoms with Gasteiger partial charge in [0, 0.05) is 12.5 Å². The Balaban J connectivity index is 2.43. The molecule has 1 fully saturated rings. The van der Waals surface area contributed by atoms with Crippen molar-refractivity contribution in [2.24, 2.45) is 0 Å². The van der Waals surface area contributed by atoms with Crippen molar-refractivity contribution in [2.45, 2.75) is 25.6 Å². The molecular formula is C15H16N2O6. The van der Waals surface area contributed by atoms with Gasteiger partial charge in [-0.1, -0.05) is 30.3 Å². The number of carboxylic acids is 1. The van der Waals surface area contributed by atoms with Crippen LogP contribution in [0, 0.1) is 0 Å². The molecule has 1 unspecified atom stereocenters. The second kappa shape index (κ2) is 6.91. The van der Waals surface area contributed by atoms with Crippen molar-refractivity contribution in [3.05, 3.63) is 35.9 Å². The lowest BCUT2D eigenvalue weighted by Gasteiger charge is -2.39. The summed E-state index contributed by atoms with van der Waals surface area (Å²) in [7, 11) is 0. The number of aliphatic carboxylic acids is 1. The summed E-state index contributed by atoms with van der Waals surface area (Å²) in [6, 6.07) is 7.13. The average molecular weight is 320 g/mol. The second-order valence-electron chi connectivity index (χ2n) is 5.00. The third-order valence-corrected chi connectivity index (χ3v) is 3.32. The first-order chi connectivity index (χ1) is 10.9. The number of rotatable bonds is 5. The Labute approximate surface area is 132 Å². The zero-order chi connectivity index (χ0) is 17.0. The van der Waals surface area contributed by atoms with Gasteiger partial charge in [-0.25, -0.2) is 0 Å². The summed E-state index contributed by atoms with van der Waals surface area (Å²) in [6.45, 7) is 0.899. The average Bonchev–Trinajstić information content (AvgIpc) is 2.50. The van der Waals surface area contributed by atoms with E-state index in [1.165, 1.54) is 6.92 Å². The summed E-state index contributed by atoms with van der Waals surface area (Å²) in [5.41, 5.74) is 0.473. The Kier molecular flexibility index (Phi) is 4.95. The van der Waals surface area contributed by atoms with Gasteiger partial charge in [-0.05, 0) is 0 Å². The Morgan fingerprint density at radius 1 is 1.35 bits per heavy atom. The summed E-state index contributed by atoms with van der Waals surface area (Å²) in [5, 5.41) is 11.3. The van der Waals surface area contributed by atoms with Crippen LogP contribution in [0.2, 0.25) is 0 Å². The van der Waals surface area contributed by atoms with E-state index in [1.807, 2.05) is 0 Å². The maximum absolute atomic E-state index is 12.3. The lowest BCUT2D eigenvalue weighted by molar-refractivity contribution is -0.174. The van der Waals surface area contributed by atoms with E-state index in [2.05, 4.69) is 5.32 Å². The maximum atomic E-state index is 12.3. The number of hydrogen-bond donors (Lipinski definition) is 2. The number of hydrogen-bond acceptors (Lipinski definition) is 5. The number of carboxylic acid groups (broad SMARTS) is 1. The van der Waals surface area contributed by atoms with Crippen LogP contribution >= 0.6 is 0 Å². The molecule has 23 heavy (non-hydrogen) atoms. The monoisotopic (exact) mass is 320 g/mol. The van der Waals surface area contributed by atoms with E-state index in [0.29, 0.717) is 5.56 Å². The molecule has 1 saturated heterocycles. The first-order valence-corrected chi connectivity index (χ1v) is 6.93. The number of carbonyl (C=O) groups excluding carboxylic acids is 3. The van der Waals surface area contributed by atoms with E-state index in [1.54, 1.807) is 30.3 Å². The number of benzene rings is 1. The molecule has 0 aliphatic carbocycles. The summed E-state index contributed by atoms with van der Waals surface area (Å²) < 4.78 is 5.20. The Bertz CT molecular complexity index is 630. The van der Waals surface area contributed by atoms with Gasteiger partial charge in [0.1, 0.15) is 6.04 Å². The van der Waals surface area contributed by atoms with Crippen molar-refractivity contribution in [1.29, 1.82) is 0 Å². The predicted octanol–water partition coefficient (Wildman–Crippen LogP) is 0.0500. The molecule has 1 aromatic rings. The molecule has 122 valence electrons. The summed E-state index contributed by atoms with van der Waals surface area (Å²) in [4.78, 5) is 47.7. The first kappa shape index (κ1) is 16.5. The standard InChI is InChI=1S/C15H16N2O6/c1-9(18)23-15(10-5-3-2-4-6-10)17-11(7-13(20)21)14(22)16-8-12(17)19/h2-6,11,15H,7-8H2,1H3,(H,16,22)(H,20,21)/t11-,15?/m0/s1. The predicted molar refractivity (Wildman–Crippen MR) is 76.8 cm³/mol. The lowest BCUT2D eigenvalue weighted by atomic mass is 10.1. The van der Waals surface area contributed by atoms with Crippen LogP contribution < -0.4 is 5.32 Å². The van der Waals surface area contributed by atoms with E-state index in [-0.39, 0.29) is 6.54 Å². The zero-order valence-corrected chi connectivity index (χ0v) is 12.4. The normalized spacial score (nSPS) is 19.0. The summed E-state index contributed by atoms with van der Waals surface area (Å²) in [6.07, 6.45) is -1.74. The molecule has 0 saturated carbocycles. The Hall–Kier alpha value is -2.90. The fourth-order valence-corrected chi connectivity index (χ4v) is 2.38. The van der Waals surface area contributed by atoms with Crippen molar-refractivity contribution in [3.8, 4) is 0 Å². The maximum Gasteiger partial charge on any atom is 0.305 e. The quantitative estimate of drug-likeness (QED) is 0.741. The lowest BCUT2D eigenvalue weighted by Crippen LogP contribution is -2.60. The van der Waals surface area contributed by atoms with Crippen LogP contribution in [-0.4, -0.2) is 46.3 Å². The highest BCUT2D eigenvalue weighted by atomic mass is 16.6. The van der Waals surface area contributed by atoms with Crippen LogP contribution in [0.1, 0.15) is 25.1 Å². The molecule has 1 aromatic carbocycles. The van der Waals surface area contributed by atoms with E-state index in [4.69, 9.17) is 9.84 Å². The SMILES string of the molecule is CC(=O)OC(c1ccccc1)N1C(=O)CNC(=O)[C@@H]1CC(=O)O. The van der Waals surface area contributed by atoms with E-state index >= 15 is 0 Å². The molecule has 1 aliphatic heterocycles. The van der Waals surface area contributed by atoms with Gasteiger partial charge in [0.2, 0.25) is 18.0 Å². The smallest absolute Gasteiger partial charge is 0.305 e. The molecule has 0 spiro atoms. The Morgan fingerprint density at radius 2 is 2.00 bits per heavy atom. The molecule has 0 bridgehead atoms. The molecule has 1 heterocycles. The molecule has 8 nitrogen and oxygen atoms in total. The van der Waals surface area contributed by atoms with Crippen molar-refractivity contribution in [3.63, 3.8) is 0 Å². The highest BCUT2D eigenvalue weighted by molar-refractivity contribution is 5.97. The van der Waals surface area contributed by atoms with Crippen LogP contribution in [0.5, 0.6) is 0 Å². The van der Waals surface area contributed by atoms with Crippen LogP contribution in [0.3, 0.4) is 0 Å². The fraction of sp³-hybridized carbons (Fsp3) is 0.333. The number of nitrogens with zero attached hydrogens (tertiary/aromatic N) is 1. The number of nitrogens with one attached hydrogen (secondary N) is 1. The molecule has 1 aliphatic rings. The largest absolute Gasteiger partial charge is 0.481 e. The zero-order valence-electron chi connectivity index (χ0n) is 12.4. The molecule has 0 aromatic heterocycles. The molecule has 2 N–H and O–H groups in total. The van der Waals surface area contributed by atoms with Crippen molar-refractivity contribution < 1.29 is 29.0 Å². The fourth-order valence-electron chi connectivity index (χ4n) is 2.38. The van der Waals surface area contributed by atoms with Crippen LogP contribution in [0.4, 0.5) is 0 Å². The first-order valence-electron chi connectivity index (χ1n) is 6.93. The molecule has 0 radical (unpaired) electrons. The molecule has 2 amide bonds. The van der Waals surface area contributed by atoms with Crippen LogP contribution in [0.25, 0.3) is 0 Å². The van der Waals surface area contributed by atoms with Gasteiger partial charge in [0.15, 0.2) is 0 Å². The van der Waals surface area contributed by atoms with E-state index in [9.17, 15) is 19.2 Å². The van der Waals surface area contributed by atoms with Gasteiger partial charge >= 0.3 is 11.9 Å². The van der Waals surface area contributed by atoms with Gasteiger partial charge in [0.25, 0.3) is 0 Å². The molecule has 8 heteroatoms. The minimum Gasteiger partial charge on any atom is -0.481 e. The van der Waals surface area contributed by atoms with Gasteiger partial charge in [-0.15, -0.1) is 0 Å². The third-order valence-electron chi connectivity index (χ3n) is 3.32. The molecule has 2 atom stereocenters. The highest BCUT2D eigenvalue weighted by Crippen LogP contribution is 2.27. The van der Waals surface area contributed by atoms with Crippen molar-refractivity contribution in [1.82, 2.24) is 10.2 Å². The van der Waals surface area contributed by atoms with Crippen molar-refractivity contribution >= 4 is 23.8 Å². The number of esters is 1. The van der Waals surface area contributed by atoms with E-state index < -0.39 is 42.4 Å². The van der Waals surface area contributed by atoms with Gasteiger partial charge < -0.3 is 15.2 Å². The number of piperazine rings is 1. The van der Waals surface area contributed by atoms with Gasteiger partial charge in [-0.3, -0.25) is 24.1 Å². The number of amides is 2. The highest BCUT2D eigenvalue weighted by Gasteiger charge is 2.42. The van der Waals surface area contributed by atoms with Gasteiger partial charge in [0.05, 0.1) is 13.0 Å².